The van der Waals surface area contributed by atoms with Crippen LogP contribution in [0, 0.1) is 11.8 Å². The molecule has 2 saturated heterocycles. The molecule has 3 atom stereocenters. The van der Waals surface area contributed by atoms with Crippen LogP contribution in [0.3, 0.4) is 0 Å². The minimum absolute atomic E-state index is 0.759. The molecule has 0 aromatic heterocycles. The average molecular weight is 140 g/mol. The molecular formula is C8H16N2. The van der Waals surface area contributed by atoms with Crippen LogP contribution in [0.4, 0.5) is 0 Å². The molecule has 1 N–H and O–H groups in total. The Morgan fingerprint density at radius 2 is 2.20 bits per heavy atom. The Bertz CT molecular complexity index is 135. The van der Waals surface area contributed by atoms with Crippen molar-refractivity contribution in [3.8, 4) is 0 Å². The summed E-state index contributed by atoms with van der Waals surface area (Å²) in [6.45, 7) is 6.17. The summed E-state index contributed by atoms with van der Waals surface area (Å²) in [5.41, 5.74) is 0. The summed E-state index contributed by atoms with van der Waals surface area (Å²) in [5, 5.41) is 3.52. The van der Waals surface area contributed by atoms with E-state index < -0.39 is 0 Å². The van der Waals surface area contributed by atoms with E-state index in [2.05, 4.69) is 24.2 Å². The molecule has 0 unspecified atom stereocenters. The fourth-order valence-electron chi connectivity index (χ4n) is 2.39. The Labute approximate surface area is 62.6 Å². The van der Waals surface area contributed by atoms with Crippen molar-refractivity contribution in [2.75, 3.05) is 26.7 Å². The van der Waals surface area contributed by atoms with Gasteiger partial charge in [-0.1, -0.05) is 0 Å². The maximum absolute atomic E-state index is 3.52. The first-order valence-corrected chi connectivity index (χ1v) is 4.19. The van der Waals surface area contributed by atoms with Gasteiger partial charge in [-0.3, -0.25) is 0 Å². The van der Waals surface area contributed by atoms with E-state index in [1.165, 1.54) is 19.6 Å². The van der Waals surface area contributed by atoms with Crippen molar-refractivity contribution < 1.29 is 0 Å². The molecule has 0 spiro atoms. The standard InChI is InChI=1S/C8H16N2/c1-6-8-5-10(2)4-7(8)3-9-6/h6-9H,3-5H2,1-2H3/t6-,7-,8-/m0/s1. The third-order valence-electron chi connectivity index (χ3n) is 3.02. The molecule has 0 aromatic carbocycles. The summed E-state index contributed by atoms with van der Waals surface area (Å²) in [7, 11) is 2.23. The van der Waals surface area contributed by atoms with Gasteiger partial charge in [0.1, 0.15) is 0 Å². The fourth-order valence-corrected chi connectivity index (χ4v) is 2.39. The lowest BCUT2D eigenvalue weighted by Crippen LogP contribution is -2.28. The second-order valence-electron chi connectivity index (χ2n) is 3.84. The zero-order valence-corrected chi connectivity index (χ0v) is 6.80. The number of fused-ring (bicyclic) bond motifs is 1. The van der Waals surface area contributed by atoms with E-state index in [0.29, 0.717) is 0 Å². The summed E-state index contributed by atoms with van der Waals surface area (Å²) >= 11 is 0. The van der Waals surface area contributed by atoms with E-state index in [9.17, 15) is 0 Å². The Balaban J connectivity index is 2.05. The van der Waals surface area contributed by atoms with E-state index in [1.807, 2.05) is 0 Å². The first-order valence-electron chi connectivity index (χ1n) is 4.19. The highest BCUT2D eigenvalue weighted by Crippen LogP contribution is 2.29. The molecule has 0 radical (unpaired) electrons. The molecule has 2 rings (SSSR count). The monoisotopic (exact) mass is 140 g/mol. The van der Waals surface area contributed by atoms with Gasteiger partial charge in [0.15, 0.2) is 0 Å². The zero-order valence-electron chi connectivity index (χ0n) is 6.80. The Hall–Kier alpha value is -0.0800. The highest BCUT2D eigenvalue weighted by Gasteiger charge is 2.38. The number of hydrogen-bond acceptors (Lipinski definition) is 2. The summed E-state index contributed by atoms with van der Waals surface area (Å²) < 4.78 is 0. The minimum atomic E-state index is 0.759. The summed E-state index contributed by atoms with van der Waals surface area (Å²) in [5.74, 6) is 1.88. The summed E-state index contributed by atoms with van der Waals surface area (Å²) in [6, 6.07) is 0.759. The van der Waals surface area contributed by atoms with Crippen molar-refractivity contribution in [3.05, 3.63) is 0 Å². The van der Waals surface area contributed by atoms with Gasteiger partial charge in [0.25, 0.3) is 0 Å². The highest BCUT2D eigenvalue weighted by atomic mass is 15.2. The van der Waals surface area contributed by atoms with Crippen molar-refractivity contribution in [2.45, 2.75) is 13.0 Å². The molecule has 2 aliphatic heterocycles. The molecule has 0 amide bonds. The second-order valence-corrected chi connectivity index (χ2v) is 3.84. The molecule has 2 heteroatoms. The van der Waals surface area contributed by atoms with Gasteiger partial charge in [0.2, 0.25) is 0 Å². The molecular weight excluding hydrogens is 124 g/mol. The SMILES string of the molecule is C[C@@H]1NC[C@H]2CN(C)C[C@H]21. The van der Waals surface area contributed by atoms with E-state index in [1.54, 1.807) is 0 Å². The molecule has 10 heavy (non-hydrogen) atoms. The molecule has 2 nitrogen and oxygen atoms in total. The first kappa shape index (κ1) is 6.62. The van der Waals surface area contributed by atoms with Gasteiger partial charge in [0, 0.05) is 19.1 Å². The second kappa shape index (κ2) is 2.21. The number of likely N-dealkylation sites (tertiary alicyclic amines) is 1. The van der Waals surface area contributed by atoms with Crippen molar-refractivity contribution in [2.24, 2.45) is 11.8 Å². The molecule has 0 aliphatic carbocycles. The maximum atomic E-state index is 3.52. The van der Waals surface area contributed by atoms with Gasteiger partial charge in [-0.05, 0) is 32.4 Å². The third kappa shape index (κ3) is 0.867. The molecule has 2 aliphatic rings. The number of nitrogens with zero attached hydrogens (tertiary/aromatic N) is 1. The average Bonchev–Trinajstić information content (AvgIpc) is 2.35. The van der Waals surface area contributed by atoms with Gasteiger partial charge in [-0.15, -0.1) is 0 Å². The van der Waals surface area contributed by atoms with E-state index in [-0.39, 0.29) is 0 Å². The van der Waals surface area contributed by atoms with Crippen molar-refractivity contribution in [3.63, 3.8) is 0 Å². The number of nitrogens with one attached hydrogen (secondary N) is 1. The highest BCUT2D eigenvalue weighted by molar-refractivity contribution is 4.94. The lowest BCUT2D eigenvalue weighted by Gasteiger charge is -2.13. The third-order valence-corrected chi connectivity index (χ3v) is 3.02. The Kier molecular flexibility index (Phi) is 1.46. The smallest absolute Gasteiger partial charge is 0.00829 e. The predicted molar refractivity (Wildman–Crippen MR) is 41.9 cm³/mol. The van der Waals surface area contributed by atoms with Gasteiger partial charge < -0.3 is 10.2 Å². The van der Waals surface area contributed by atoms with Crippen molar-refractivity contribution in [1.29, 1.82) is 0 Å². The van der Waals surface area contributed by atoms with Gasteiger partial charge >= 0.3 is 0 Å². The van der Waals surface area contributed by atoms with Crippen LogP contribution in [-0.4, -0.2) is 37.6 Å². The molecule has 0 aromatic rings. The molecule has 0 bridgehead atoms. The predicted octanol–water partition coefficient (Wildman–Crippen LogP) is 0.156. The van der Waals surface area contributed by atoms with E-state index in [0.717, 1.165) is 17.9 Å². The Morgan fingerprint density at radius 3 is 2.90 bits per heavy atom. The van der Waals surface area contributed by atoms with Gasteiger partial charge in [-0.2, -0.15) is 0 Å². The summed E-state index contributed by atoms with van der Waals surface area (Å²) in [4.78, 5) is 2.45. The maximum Gasteiger partial charge on any atom is 0.00829 e. The number of hydrogen-bond donors (Lipinski definition) is 1. The van der Waals surface area contributed by atoms with Crippen LogP contribution >= 0.6 is 0 Å². The van der Waals surface area contributed by atoms with Gasteiger partial charge in [0.05, 0.1) is 0 Å². The quantitative estimate of drug-likeness (QED) is 0.515. The van der Waals surface area contributed by atoms with E-state index >= 15 is 0 Å². The molecule has 2 fully saturated rings. The van der Waals surface area contributed by atoms with Crippen LogP contribution in [0.5, 0.6) is 0 Å². The topological polar surface area (TPSA) is 15.3 Å². The lowest BCUT2D eigenvalue weighted by atomic mass is 9.95. The minimum Gasteiger partial charge on any atom is -0.314 e. The van der Waals surface area contributed by atoms with Crippen LogP contribution in [0.1, 0.15) is 6.92 Å². The van der Waals surface area contributed by atoms with Gasteiger partial charge in [-0.25, -0.2) is 0 Å². The van der Waals surface area contributed by atoms with Crippen LogP contribution in [0.15, 0.2) is 0 Å². The lowest BCUT2D eigenvalue weighted by molar-refractivity contribution is 0.364. The van der Waals surface area contributed by atoms with Crippen LogP contribution in [0.25, 0.3) is 0 Å². The van der Waals surface area contributed by atoms with Crippen molar-refractivity contribution >= 4 is 0 Å². The zero-order chi connectivity index (χ0) is 7.14. The van der Waals surface area contributed by atoms with Crippen LogP contribution in [-0.2, 0) is 0 Å². The normalized spacial score (nSPS) is 48.0. The van der Waals surface area contributed by atoms with Crippen molar-refractivity contribution in [1.82, 2.24) is 10.2 Å². The first-order chi connectivity index (χ1) is 4.77. The van der Waals surface area contributed by atoms with Crippen LogP contribution < -0.4 is 5.32 Å². The molecule has 2 heterocycles. The molecule has 0 saturated carbocycles. The summed E-state index contributed by atoms with van der Waals surface area (Å²) in [6.07, 6.45) is 0. The largest absolute Gasteiger partial charge is 0.314 e. The number of rotatable bonds is 0. The van der Waals surface area contributed by atoms with E-state index in [4.69, 9.17) is 0 Å². The fraction of sp³-hybridized carbons (Fsp3) is 1.00. The molecule has 58 valence electrons. The van der Waals surface area contributed by atoms with Crippen LogP contribution in [0.2, 0.25) is 0 Å². The Morgan fingerprint density at radius 1 is 1.40 bits per heavy atom.